The highest BCUT2D eigenvalue weighted by Crippen LogP contribution is 2.37. The third-order valence-corrected chi connectivity index (χ3v) is 6.26. The Labute approximate surface area is 187 Å². The fourth-order valence-electron chi connectivity index (χ4n) is 3.28. The molecule has 2 heterocycles. The maximum absolute atomic E-state index is 12.7. The van der Waals surface area contributed by atoms with Crippen LogP contribution in [-0.4, -0.2) is 37.9 Å². The van der Waals surface area contributed by atoms with Crippen LogP contribution in [-0.2, 0) is 15.6 Å². The van der Waals surface area contributed by atoms with Crippen LogP contribution in [0.15, 0.2) is 24.3 Å². The van der Waals surface area contributed by atoms with E-state index >= 15 is 0 Å². The largest absolute Gasteiger partial charge is 0.482 e. The lowest BCUT2D eigenvalue weighted by Crippen LogP contribution is -2.57. The minimum absolute atomic E-state index is 0.147. The number of aromatic amines is 1. The molecule has 0 saturated heterocycles. The summed E-state index contributed by atoms with van der Waals surface area (Å²) < 4.78 is 7.38. The lowest BCUT2D eigenvalue weighted by atomic mass is 9.73. The first-order valence-electron chi connectivity index (χ1n) is 10.2. The monoisotopic (exact) mass is 446 g/mol. The van der Waals surface area contributed by atoms with Gasteiger partial charge in [0.2, 0.25) is 0 Å². The van der Waals surface area contributed by atoms with Gasteiger partial charge < -0.3 is 15.8 Å². The Morgan fingerprint density at radius 1 is 1.16 bits per heavy atom. The highest BCUT2D eigenvalue weighted by molar-refractivity contribution is 6.34. The Hall–Kier alpha value is -2.74. The average molecular weight is 447 g/mol. The standard InChI is InChI=1S/C22H31ClN6O2/c1-20(2,3)17-16(23)18-26-27-19(29(18)28-17)21(4,5)22(6,7)25-15(30)12-31-14-11-9-8-10-13(14)24/h8-11,28H,12,24H2,1-7H3,(H,25,30). The molecule has 4 N–H and O–H groups in total. The molecule has 0 aliphatic carbocycles. The molecule has 3 rings (SSSR count). The molecule has 0 aliphatic heterocycles. The predicted octanol–water partition coefficient (Wildman–Crippen LogP) is 3.84. The zero-order chi connectivity index (χ0) is 23.2. The van der Waals surface area contributed by atoms with E-state index in [0.717, 1.165) is 5.69 Å². The van der Waals surface area contributed by atoms with Gasteiger partial charge in [-0.3, -0.25) is 9.89 Å². The predicted molar refractivity (Wildman–Crippen MR) is 123 cm³/mol. The average Bonchev–Trinajstić information content (AvgIpc) is 3.21. The summed E-state index contributed by atoms with van der Waals surface area (Å²) in [5, 5.41) is 15.6. The van der Waals surface area contributed by atoms with Gasteiger partial charge in [-0.25, -0.2) is 4.52 Å². The number of anilines is 1. The van der Waals surface area contributed by atoms with Gasteiger partial charge in [-0.15, -0.1) is 10.2 Å². The Balaban J connectivity index is 1.83. The van der Waals surface area contributed by atoms with Crippen molar-refractivity contribution in [2.45, 2.75) is 64.8 Å². The zero-order valence-corrected chi connectivity index (χ0v) is 19.9. The summed E-state index contributed by atoms with van der Waals surface area (Å²) >= 11 is 6.56. The molecule has 0 spiro atoms. The number of benzene rings is 1. The number of carbonyl (C=O) groups is 1. The number of hydrogen-bond acceptors (Lipinski definition) is 5. The van der Waals surface area contributed by atoms with E-state index in [4.69, 9.17) is 22.1 Å². The first-order chi connectivity index (χ1) is 14.3. The van der Waals surface area contributed by atoms with Gasteiger partial charge in [-0.2, -0.15) is 0 Å². The second-order valence-corrected chi connectivity index (χ2v) is 10.2. The van der Waals surface area contributed by atoms with Gasteiger partial charge in [0.1, 0.15) is 10.8 Å². The summed E-state index contributed by atoms with van der Waals surface area (Å²) in [6.07, 6.45) is 0. The Morgan fingerprint density at radius 3 is 2.42 bits per heavy atom. The van der Waals surface area contributed by atoms with Gasteiger partial charge in [-0.1, -0.05) is 58.4 Å². The van der Waals surface area contributed by atoms with Crippen molar-refractivity contribution in [1.82, 2.24) is 25.1 Å². The molecule has 1 amide bonds. The van der Waals surface area contributed by atoms with Crippen molar-refractivity contribution in [3.63, 3.8) is 0 Å². The van der Waals surface area contributed by atoms with Gasteiger partial charge in [0.05, 0.1) is 11.4 Å². The number of nitrogen functional groups attached to an aromatic ring is 1. The van der Waals surface area contributed by atoms with Crippen molar-refractivity contribution < 1.29 is 9.53 Å². The number of carbonyl (C=O) groups excluding carboxylic acids is 1. The molecule has 0 aliphatic rings. The third-order valence-electron chi connectivity index (χ3n) is 5.90. The van der Waals surface area contributed by atoms with E-state index in [2.05, 4.69) is 41.4 Å². The van der Waals surface area contributed by atoms with E-state index in [9.17, 15) is 4.79 Å². The van der Waals surface area contributed by atoms with Crippen LogP contribution < -0.4 is 15.8 Å². The highest BCUT2D eigenvalue weighted by Gasteiger charge is 2.44. The number of H-pyrrole nitrogens is 1. The summed E-state index contributed by atoms with van der Waals surface area (Å²) in [5.74, 6) is 0.880. The molecule has 0 fully saturated rings. The van der Waals surface area contributed by atoms with Crippen LogP contribution in [0.1, 0.15) is 60.0 Å². The number of nitrogens with zero attached hydrogens (tertiary/aromatic N) is 3. The molecule has 0 atom stereocenters. The van der Waals surface area contributed by atoms with Crippen molar-refractivity contribution in [3.8, 4) is 5.75 Å². The van der Waals surface area contributed by atoms with E-state index in [-0.39, 0.29) is 17.9 Å². The molecule has 168 valence electrons. The first-order valence-corrected chi connectivity index (χ1v) is 10.6. The number of aromatic nitrogens is 4. The molecule has 2 aromatic heterocycles. The number of para-hydroxylation sites is 2. The summed E-state index contributed by atoms with van der Waals surface area (Å²) in [4.78, 5) is 12.7. The zero-order valence-electron chi connectivity index (χ0n) is 19.1. The van der Waals surface area contributed by atoms with E-state index in [1.54, 1.807) is 22.7 Å². The van der Waals surface area contributed by atoms with E-state index < -0.39 is 11.0 Å². The number of nitrogens with two attached hydrogens (primary N) is 1. The molecule has 0 radical (unpaired) electrons. The summed E-state index contributed by atoms with van der Waals surface area (Å²) in [7, 11) is 0. The number of fused-ring (bicyclic) bond motifs is 1. The molecule has 0 bridgehead atoms. The summed E-state index contributed by atoms with van der Waals surface area (Å²) in [6.45, 7) is 14.0. The van der Waals surface area contributed by atoms with E-state index in [0.29, 0.717) is 27.9 Å². The Morgan fingerprint density at radius 2 is 1.81 bits per heavy atom. The van der Waals surface area contributed by atoms with Gasteiger partial charge in [0, 0.05) is 16.4 Å². The van der Waals surface area contributed by atoms with Crippen molar-refractivity contribution in [2.24, 2.45) is 0 Å². The molecule has 0 saturated carbocycles. The highest BCUT2D eigenvalue weighted by atomic mass is 35.5. The Kier molecular flexibility index (Phi) is 5.73. The van der Waals surface area contributed by atoms with Gasteiger partial charge in [0.15, 0.2) is 18.1 Å². The van der Waals surface area contributed by atoms with E-state index in [1.807, 2.05) is 33.8 Å². The molecule has 8 nitrogen and oxygen atoms in total. The van der Waals surface area contributed by atoms with Gasteiger partial charge in [-0.05, 0) is 26.0 Å². The number of rotatable bonds is 6. The van der Waals surface area contributed by atoms with E-state index in [1.165, 1.54) is 0 Å². The van der Waals surface area contributed by atoms with Crippen molar-refractivity contribution >= 4 is 28.8 Å². The van der Waals surface area contributed by atoms with Crippen LogP contribution >= 0.6 is 11.6 Å². The quantitative estimate of drug-likeness (QED) is 0.498. The molecular formula is C22H31ClN6O2. The smallest absolute Gasteiger partial charge is 0.258 e. The molecule has 9 heteroatoms. The third kappa shape index (κ3) is 4.21. The topological polar surface area (TPSA) is 110 Å². The normalized spacial score (nSPS) is 12.9. The maximum Gasteiger partial charge on any atom is 0.258 e. The fourth-order valence-corrected chi connectivity index (χ4v) is 3.73. The second kappa shape index (κ2) is 7.75. The van der Waals surface area contributed by atoms with Crippen molar-refractivity contribution in [3.05, 3.63) is 40.8 Å². The summed E-state index contributed by atoms with van der Waals surface area (Å²) in [6, 6.07) is 7.07. The number of ether oxygens (including phenoxy) is 1. The van der Waals surface area contributed by atoms with Crippen LogP contribution in [0.25, 0.3) is 5.65 Å². The molecule has 0 unspecified atom stereocenters. The van der Waals surface area contributed by atoms with Crippen molar-refractivity contribution in [2.75, 3.05) is 12.3 Å². The lowest BCUT2D eigenvalue weighted by Gasteiger charge is -2.40. The fraction of sp³-hybridized carbons (Fsp3) is 0.500. The number of hydrogen-bond donors (Lipinski definition) is 3. The number of halogens is 1. The van der Waals surface area contributed by atoms with Crippen molar-refractivity contribution in [1.29, 1.82) is 0 Å². The maximum atomic E-state index is 12.7. The minimum Gasteiger partial charge on any atom is -0.482 e. The second-order valence-electron chi connectivity index (χ2n) is 9.86. The first kappa shape index (κ1) is 22.9. The van der Waals surface area contributed by atoms with Crippen LogP contribution in [0.3, 0.4) is 0 Å². The number of amides is 1. The molecule has 3 aromatic rings. The van der Waals surface area contributed by atoms with Crippen LogP contribution in [0.4, 0.5) is 5.69 Å². The van der Waals surface area contributed by atoms with Gasteiger partial charge >= 0.3 is 0 Å². The SMILES string of the molecule is CC(C)(C)c1[nH]n2c(C(C)(C)C(C)(C)NC(=O)COc3ccccc3N)nnc2c1Cl. The van der Waals surface area contributed by atoms with Crippen LogP contribution in [0.2, 0.25) is 5.02 Å². The molecular weight excluding hydrogens is 416 g/mol. The number of nitrogens with one attached hydrogen (secondary N) is 2. The van der Waals surface area contributed by atoms with Crippen LogP contribution in [0.5, 0.6) is 5.75 Å². The minimum atomic E-state index is -0.682. The molecule has 31 heavy (non-hydrogen) atoms. The van der Waals surface area contributed by atoms with Gasteiger partial charge in [0.25, 0.3) is 5.91 Å². The molecule has 1 aromatic carbocycles. The Bertz CT molecular complexity index is 1110. The van der Waals surface area contributed by atoms with Crippen LogP contribution in [0, 0.1) is 0 Å². The lowest BCUT2D eigenvalue weighted by molar-refractivity contribution is -0.125. The summed E-state index contributed by atoms with van der Waals surface area (Å²) in [5.41, 5.74) is 6.35.